The third kappa shape index (κ3) is 9.31. The van der Waals surface area contributed by atoms with E-state index in [4.69, 9.17) is 32.8 Å². The van der Waals surface area contributed by atoms with Gasteiger partial charge in [-0.25, -0.2) is 0 Å². The molecule has 254 valence electrons. The molecule has 4 rings (SSSR count). The minimum Gasteiger partial charge on any atom is -0.492 e. The van der Waals surface area contributed by atoms with Gasteiger partial charge in [0.25, 0.3) is 0 Å². The van der Waals surface area contributed by atoms with Gasteiger partial charge in [-0.15, -0.1) is 0 Å². The van der Waals surface area contributed by atoms with E-state index in [0.29, 0.717) is 28.6 Å². The average Bonchev–Trinajstić information content (AvgIpc) is 3.05. The Bertz CT molecular complexity index is 1490. The zero-order chi connectivity index (χ0) is 34.1. The van der Waals surface area contributed by atoms with Crippen LogP contribution in [0.4, 0.5) is 0 Å². The van der Waals surface area contributed by atoms with E-state index in [1.807, 2.05) is 43.3 Å². The smallest absolute Gasteiger partial charge is 0.188 e. The van der Waals surface area contributed by atoms with Crippen molar-refractivity contribution in [3.63, 3.8) is 0 Å². The second kappa shape index (κ2) is 16.0. The SMILES string of the molecule is COCOc1ccc(C2(C)COc3cc(OCOC)ccc3C2(O)C#CCOc2ccc(C(CCC(C)(C)C)O[SiH](C)C)cc2)cc1. The van der Waals surface area contributed by atoms with Crippen molar-refractivity contribution >= 4 is 9.04 Å². The van der Waals surface area contributed by atoms with E-state index < -0.39 is 20.1 Å². The predicted octanol–water partition coefficient (Wildman–Crippen LogP) is 7.14. The van der Waals surface area contributed by atoms with Gasteiger partial charge < -0.3 is 38.0 Å². The van der Waals surface area contributed by atoms with Crippen LogP contribution in [-0.4, -0.2) is 55.2 Å². The lowest BCUT2D eigenvalue weighted by Crippen LogP contribution is -2.53. The predicted molar refractivity (Wildman–Crippen MR) is 186 cm³/mol. The van der Waals surface area contributed by atoms with Crippen LogP contribution in [0, 0.1) is 17.3 Å². The van der Waals surface area contributed by atoms with Crippen molar-refractivity contribution in [2.75, 3.05) is 41.0 Å². The Kier molecular flexibility index (Phi) is 12.4. The Morgan fingerprint density at radius 3 is 2.09 bits per heavy atom. The number of fused-ring (bicyclic) bond motifs is 1. The fourth-order valence-electron chi connectivity index (χ4n) is 5.57. The fourth-order valence-corrected chi connectivity index (χ4v) is 6.52. The lowest BCUT2D eigenvalue weighted by molar-refractivity contribution is -0.0274. The summed E-state index contributed by atoms with van der Waals surface area (Å²) in [4.78, 5) is 0. The first kappa shape index (κ1) is 36.3. The van der Waals surface area contributed by atoms with Crippen molar-refractivity contribution in [1.29, 1.82) is 0 Å². The van der Waals surface area contributed by atoms with Gasteiger partial charge in [0, 0.05) is 25.8 Å². The van der Waals surface area contributed by atoms with E-state index in [1.54, 1.807) is 32.4 Å². The van der Waals surface area contributed by atoms with E-state index in [2.05, 4.69) is 57.8 Å². The quantitative estimate of drug-likeness (QED) is 0.111. The van der Waals surface area contributed by atoms with Crippen LogP contribution >= 0.6 is 0 Å². The molecule has 0 radical (unpaired) electrons. The highest BCUT2D eigenvalue weighted by atomic mass is 28.3. The number of rotatable bonds is 14. The second-order valence-corrected chi connectivity index (χ2v) is 15.9. The summed E-state index contributed by atoms with van der Waals surface area (Å²) in [5.41, 5.74) is 0.252. The standard InChI is InChI=1S/C38H50O8Si/c1-36(2,3)22-20-34(46-47(7)8)28-10-14-30(15-11-28)42-23-9-21-38(39)33-19-18-32(45-27-41-6)24-35(33)43-25-37(38,4)29-12-16-31(17-13-29)44-26-40-5/h10-19,24,34,39,47H,20,22-23,25-27H2,1-8H3. The zero-order valence-electron chi connectivity index (χ0n) is 29.1. The van der Waals surface area contributed by atoms with Crippen LogP contribution in [0.3, 0.4) is 0 Å². The summed E-state index contributed by atoms with van der Waals surface area (Å²) in [6, 6.07) is 20.9. The summed E-state index contributed by atoms with van der Waals surface area (Å²) in [6.07, 6.45) is 2.14. The molecule has 3 unspecified atom stereocenters. The molecule has 0 aromatic heterocycles. The average molecular weight is 663 g/mol. The van der Waals surface area contributed by atoms with Gasteiger partial charge in [-0.2, -0.15) is 0 Å². The highest BCUT2D eigenvalue weighted by molar-refractivity contribution is 6.48. The summed E-state index contributed by atoms with van der Waals surface area (Å²) >= 11 is 0. The van der Waals surface area contributed by atoms with Gasteiger partial charge >= 0.3 is 0 Å². The highest BCUT2D eigenvalue weighted by Crippen LogP contribution is 2.50. The third-order valence-electron chi connectivity index (χ3n) is 8.26. The maximum Gasteiger partial charge on any atom is 0.188 e. The molecule has 3 atom stereocenters. The lowest BCUT2D eigenvalue weighted by atomic mass is 9.65. The van der Waals surface area contributed by atoms with Crippen LogP contribution < -0.4 is 18.9 Å². The van der Waals surface area contributed by atoms with Crippen LogP contribution in [-0.2, 0) is 24.9 Å². The summed E-state index contributed by atoms with van der Waals surface area (Å²) in [6.45, 7) is 13.6. The Morgan fingerprint density at radius 1 is 0.872 bits per heavy atom. The maximum absolute atomic E-state index is 12.5. The molecule has 8 nitrogen and oxygen atoms in total. The zero-order valence-corrected chi connectivity index (χ0v) is 30.2. The molecule has 3 aromatic carbocycles. The number of benzene rings is 3. The normalized spacial score (nSPS) is 19.6. The van der Waals surface area contributed by atoms with Crippen LogP contribution in [0.15, 0.2) is 66.7 Å². The maximum atomic E-state index is 12.5. The van der Waals surface area contributed by atoms with Crippen LogP contribution in [0.1, 0.15) is 63.3 Å². The largest absolute Gasteiger partial charge is 0.492 e. The van der Waals surface area contributed by atoms with Gasteiger partial charge in [0.2, 0.25) is 0 Å². The second-order valence-electron chi connectivity index (χ2n) is 13.5. The van der Waals surface area contributed by atoms with Gasteiger partial charge in [-0.3, -0.25) is 0 Å². The van der Waals surface area contributed by atoms with Crippen LogP contribution in [0.5, 0.6) is 23.0 Å². The Hall–Kier alpha value is -3.52. The van der Waals surface area contributed by atoms with Gasteiger partial charge in [-0.1, -0.05) is 56.9 Å². The van der Waals surface area contributed by atoms with Gasteiger partial charge in [0.05, 0.1) is 11.5 Å². The molecule has 47 heavy (non-hydrogen) atoms. The molecular formula is C38H50O8Si. The summed E-state index contributed by atoms with van der Waals surface area (Å²) in [5.74, 6) is 8.71. The topological polar surface area (TPSA) is 84.8 Å². The third-order valence-corrected chi connectivity index (χ3v) is 9.13. The minimum absolute atomic E-state index is 0.0799. The van der Waals surface area contributed by atoms with Crippen molar-refractivity contribution < 1.29 is 38.0 Å². The van der Waals surface area contributed by atoms with Crippen molar-refractivity contribution in [2.24, 2.45) is 5.41 Å². The summed E-state index contributed by atoms with van der Waals surface area (Å²) < 4.78 is 39.9. The molecule has 9 heteroatoms. The molecule has 1 aliphatic rings. The van der Waals surface area contributed by atoms with Crippen LogP contribution in [0.25, 0.3) is 0 Å². The van der Waals surface area contributed by atoms with Gasteiger partial charge in [0.1, 0.15) is 36.2 Å². The Balaban J connectivity index is 1.57. The minimum atomic E-state index is -1.61. The molecule has 0 spiro atoms. The molecule has 0 aliphatic carbocycles. The first-order valence-corrected chi connectivity index (χ1v) is 18.9. The molecule has 1 N–H and O–H groups in total. The first-order chi connectivity index (χ1) is 22.4. The molecule has 0 saturated heterocycles. The fraction of sp³-hybridized carbons (Fsp3) is 0.474. The van der Waals surface area contributed by atoms with E-state index in [-0.39, 0.29) is 38.3 Å². The number of hydrogen-bond acceptors (Lipinski definition) is 8. The van der Waals surface area contributed by atoms with Gasteiger partial charge in [-0.05, 0) is 85.8 Å². The van der Waals surface area contributed by atoms with Crippen molar-refractivity contribution in [3.8, 4) is 34.8 Å². The van der Waals surface area contributed by atoms with Gasteiger partial charge in [0.15, 0.2) is 28.2 Å². The first-order valence-electron chi connectivity index (χ1n) is 16.1. The summed E-state index contributed by atoms with van der Waals surface area (Å²) in [7, 11) is 1.91. The van der Waals surface area contributed by atoms with E-state index >= 15 is 0 Å². The number of hydrogen-bond donors (Lipinski definition) is 1. The van der Waals surface area contributed by atoms with Crippen LogP contribution in [0.2, 0.25) is 13.1 Å². The number of ether oxygens (including phenoxy) is 6. The Labute approximate surface area is 282 Å². The highest BCUT2D eigenvalue weighted by Gasteiger charge is 2.53. The van der Waals surface area contributed by atoms with E-state index in [0.717, 1.165) is 24.0 Å². The van der Waals surface area contributed by atoms with E-state index in [9.17, 15) is 5.11 Å². The van der Waals surface area contributed by atoms with E-state index in [1.165, 1.54) is 0 Å². The molecule has 1 heterocycles. The molecule has 0 saturated carbocycles. The van der Waals surface area contributed by atoms with Crippen molar-refractivity contribution in [3.05, 3.63) is 83.4 Å². The molecule has 3 aromatic rings. The van der Waals surface area contributed by atoms with Crippen molar-refractivity contribution in [2.45, 2.75) is 70.8 Å². The summed E-state index contributed by atoms with van der Waals surface area (Å²) in [5, 5.41) is 12.5. The molecule has 0 amide bonds. The molecular weight excluding hydrogens is 612 g/mol. The number of aliphatic hydroxyl groups is 1. The number of methoxy groups -OCH3 is 2. The monoisotopic (exact) mass is 662 g/mol. The lowest BCUT2D eigenvalue weighted by Gasteiger charge is -2.46. The molecule has 1 aliphatic heterocycles. The van der Waals surface area contributed by atoms with Crippen molar-refractivity contribution in [1.82, 2.24) is 0 Å². The molecule has 0 bridgehead atoms. The Morgan fingerprint density at radius 2 is 1.47 bits per heavy atom. The molecule has 0 fully saturated rings.